The summed E-state index contributed by atoms with van der Waals surface area (Å²) in [5.41, 5.74) is 13.3. The van der Waals surface area contributed by atoms with Crippen LogP contribution in [0.1, 0.15) is 285 Å². The predicted molar refractivity (Wildman–Crippen MR) is 496 cm³/mol. The number of hydrogen-bond donors (Lipinski definition) is 5. The topological polar surface area (TPSA) is 324 Å². The van der Waals surface area contributed by atoms with Crippen molar-refractivity contribution in [3.63, 3.8) is 0 Å². The lowest BCUT2D eigenvalue weighted by atomic mass is 9.75. The average Bonchev–Trinajstić information content (AvgIpc) is 0.826. The lowest BCUT2D eigenvalue weighted by Gasteiger charge is -2.29. The van der Waals surface area contributed by atoms with E-state index in [4.69, 9.17) is 14.7 Å². The molecule has 7 aromatic heterocycles. The minimum absolute atomic E-state index is 0.205. The van der Waals surface area contributed by atoms with Gasteiger partial charge in [-0.05, 0) is 235 Å². The highest BCUT2D eigenvalue weighted by Crippen LogP contribution is 2.44. The Kier molecular flexibility index (Phi) is 47.1. The summed E-state index contributed by atoms with van der Waals surface area (Å²) >= 11 is 0. The molecule has 14 atom stereocenters. The molecule has 10 rings (SSSR count). The summed E-state index contributed by atoms with van der Waals surface area (Å²) in [5.74, 6) is 3.01. The molecule has 22 nitrogen and oxygen atoms in total. The van der Waals surface area contributed by atoms with E-state index in [2.05, 4.69) is 273 Å². The second-order valence-corrected chi connectivity index (χ2v) is 37.5. The summed E-state index contributed by atoms with van der Waals surface area (Å²) in [6.45, 7) is 17.8. The number of amides is 1. The van der Waals surface area contributed by atoms with Crippen LogP contribution in [0.5, 0.6) is 0 Å². The fourth-order valence-electron chi connectivity index (χ4n) is 17.3. The lowest BCUT2D eigenvalue weighted by molar-refractivity contribution is -0.697. The van der Waals surface area contributed by atoms with Crippen molar-refractivity contribution in [2.75, 3.05) is 31.7 Å². The number of aliphatic hydroxyl groups is 5. The van der Waals surface area contributed by atoms with E-state index >= 15 is 0 Å². The summed E-state index contributed by atoms with van der Waals surface area (Å²) in [5, 5.41) is 48.8. The largest absolute Gasteiger partial charge is 0.748 e. The first-order valence-electron chi connectivity index (χ1n) is 45.9. The highest BCUT2D eigenvalue weighted by molar-refractivity contribution is 7.85. The Bertz CT molecular complexity index is 4950. The maximum absolute atomic E-state index is 12.7. The number of pyridine rings is 7. The minimum Gasteiger partial charge on any atom is -0.748 e. The first kappa shape index (κ1) is 105. The first-order chi connectivity index (χ1) is 61.7. The summed E-state index contributed by atoms with van der Waals surface area (Å²) < 4.78 is 74.8. The van der Waals surface area contributed by atoms with Crippen molar-refractivity contribution in [1.29, 1.82) is 0 Å². The molecule has 0 aliphatic carbocycles. The van der Waals surface area contributed by atoms with Gasteiger partial charge in [0.1, 0.15) is 50.6 Å². The number of carbonyl (C=O) groups is 1. The minimum atomic E-state index is -4.25. The van der Waals surface area contributed by atoms with E-state index in [1.165, 1.54) is 99.7 Å². The zero-order valence-corrected chi connectivity index (χ0v) is 77.9. The fraction of sp³-hybridized carbons (Fsp3) is 0.471. The molecule has 3 aromatic carbocycles. The van der Waals surface area contributed by atoms with Gasteiger partial charge in [-0.1, -0.05) is 146 Å². The van der Waals surface area contributed by atoms with Crippen LogP contribution in [0.4, 0.5) is 0 Å². The van der Waals surface area contributed by atoms with E-state index in [9.17, 15) is 51.2 Å². The van der Waals surface area contributed by atoms with Crippen LogP contribution >= 0.6 is 0 Å². The van der Waals surface area contributed by atoms with Gasteiger partial charge in [-0.2, -0.15) is 9.59 Å². The molecule has 10 aromatic rings. The zero-order valence-electron chi connectivity index (χ0n) is 76.3. The maximum Gasteiger partial charge on any atom is 0.373 e. The highest BCUT2D eigenvalue weighted by atomic mass is 32.2. The molecule has 0 fully saturated rings. The second-order valence-electron chi connectivity index (χ2n) is 34.4. The van der Waals surface area contributed by atoms with Crippen LogP contribution in [-0.4, -0.2) is 140 Å². The third-order valence-electron chi connectivity index (χ3n) is 25.0. The second kappa shape index (κ2) is 57.3. The number of likely N-dealkylation sites (N-methyl/N-ethyl adjacent to an activating group) is 1. The van der Waals surface area contributed by atoms with E-state index in [0.29, 0.717) is 67.4 Å². The number of rotatable bonds is 51. The van der Waals surface area contributed by atoms with Gasteiger partial charge in [0.05, 0.1) is 26.8 Å². The molecule has 1 amide bonds. The molecular formula is C104H140N8O14S2+2. The first-order valence-corrected chi connectivity index (χ1v) is 49.1. The van der Waals surface area contributed by atoms with Crippen molar-refractivity contribution in [2.45, 2.75) is 280 Å². The van der Waals surface area contributed by atoms with E-state index in [1.54, 1.807) is 0 Å². The molecule has 0 radical (unpaired) electrons. The standard InChI is InChI=1S/C47H67N4O9S.C39H52N3O3S.C17H21N.CO2/c1-4-36(39-17-25-51(26-18-39)24-11-29-61(58,59)60)31-42(32-41(38-15-21-48-22-16-38)30-35(2)37-12-7-5-8-13-37)40-19-27-50(28-20-40)23-10-6-9-14-45(55)49(3)33-43(53)46(56)47(57)44(54)34-52;1-4-6-10-22-41-26-18-37(19-27-41)39(30-33(5-2)36-16-24-42(25-17-36)23-11-28-46(43,44)45)31-38(35-14-20-40-21-15-35)29-32(3)34-12-8-7-9-13-34;1-3-15(17-9-11-18-12-10-17)13-14(2)16-7-5-4-6-8-16;2-1-3/h5,7-8,12-13,15-22,25-28,35-36,41-44,46-47,52-54,56-57H,4,6,9-11,14,23-24,29-34H2,1-3H3;7-9,12-21,24-27,32-33,38-39H,4-6,10-11,22-23,28-31H2,1-3H3;4-12,14-15H,3,13H2,1-2H3;/q2*+1;;. The fourth-order valence-corrected chi connectivity index (χ4v) is 18.3. The number of nitrogens with zero attached hydrogens (tertiary/aromatic N) is 8. The molecule has 0 saturated carbocycles. The van der Waals surface area contributed by atoms with Gasteiger partial charge in [0.2, 0.25) is 5.91 Å². The molecule has 0 aliphatic rings. The van der Waals surface area contributed by atoms with Gasteiger partial charge >= 0.3 is 6.15 Å². The number of unbranched alkanes of at least 4 members (excludes halogenated alkanes) is 4. The van der Waals surface area contributed by atoms with Gasteiger partial charge < -0.3 is 39.5 Å². The lowest BCUT2D eigenvalue weighted by Crippen LogP contribution is -2.49. The molecule has 0 aliphatic heterocycles. The van der Waals surface area contributed by atoms with Crippen molar-refractivity contribution in [3.05, 3.63) is 318 Å². The Hall–Kier alpha value is -9.82. The highest BCUT2D eigenvalue weighted by Gasteiger charge is 2.33. The number of carbonyl (C=O) groups excluding carboxylic acids is 3. The Labute approximate surface area is 761 Å². The summed E-state index contributed by atoms with van der Waals surface area (Å²) in [7, 11) is -6.93. The summed E-state index contributed by atoms with van der Waals surface area (Å²) in [6.07, 6.45) is 39.1. The van der Waals surface area contributed by atoms with Crippen LogP contribution in [0, 0.1) is 0 Å². The SMILES string of the molecule is CCC(CC(C)c1ccccc1)c1ccncc1.CCC(CC(CC(CC(C)c1ccccc1)c1ccncc1)c1cc[n+](CCCCCC(=O)N(C)CC(O)C(O)C(O)C(O)CO)cc1)c1cc[n+](CCCS(=O)(=O)[O-])cc1.CCCCC[n+]1ccc(C(CC(CC)c2cc[n+](CCCS(=O)(=O)[O-])cc2)CC(CC(C)c2ccccc2)c2ccncc2)cc1.O=C=O. The average molecular weight is 1790 g/mol. The van der Waals surface area contributed by atoms with Crippen LogP contribution < -0.4 is 18.3 Å². The number of aliphatic hydroxyl groups excluding tert-OH is 5. The van der Waals surface area contributed by atoms with E-state index < -0.39 is 51.3 Å². The molecule has 0 bridgehead atoms. The Morgan fingerprint density at radius 2 is 0.633 bits per heavy atom. The van der Waals surface area contributed by atoms with Crippen LogP contribution in [0.3, 0.4) is 0 Å². The van der Waals surface area contributed by atoms with Crippen molar-refractivity contribution < 1.29 is 84.1 Å². The van der Waals surface area contributed by atoms with Crippen molar-refractivity contribution in [3.8, 4) is 0 Å². The number of hydrogen-bond acceptors (Lipinski definition) is 17. The molecule has 128 heavy (non-hydrogen) atoms. The van der Waals surface area contributed by atoms with E-state index in [1.807, 2.05) is 71.1 Å². The maximum atomic E-state index is 12.7. The van der Waals surface area contributed by atoms with Crippen molar-refractivity contribution in [2.24, 2.45) is 0 Å². The Balaban J connectivity index is 0.000000292. The van der Waals surface area contributed by atoms with Gasteiger partial charge in [-0.25, -0.2) is 35.1 Å². The smallest absolute Gasteiger partial charge is 0.373 e. The van der Waals surface area contributed by atoms with Crippen molar-refractivity contribution in [1.82, 2.24) is 19.9 Å². The summed E-state index contributed by atoms with van der Waals surface area (Å²) in [6, 6.07) is 63.0. The normalized spacial score (nSPS) is 14.8. The van der Waals surface area contributed by atoms with E-state index in [-0.39, 0.29) is 60.7 Å². The van der Waals surface area contributed by atoms with Crippen LogP contribution in [0.25, 0.3) is 0 Å². The summed E-state index contributed by atoms with van der Waals surface area (Å²) in [4.78, 5) is 43.0. The monoisotopic (exact) mass is 1790 g/mol. The molecular weight excluding hydrogens is 1650 g/mol. The van der Waals surface area contributed by atoms with Gasteiger partial charge in [-0.15, -0.1) is 0 Å². The van der Waals surface area contributed by atoms with Gasteiger partial charge in [0.25, 0.3) is 0 Å². The van der Waals surface area contributed by atoms with Crippen LogP contribution in [-0.2, 0) is 60.8 Å². The third-order valence-corrected chi connectivity index (χ3v) is 26.6. The van der Waals surface area contributed by atoms with Gasteiger partial charge in [-0.3, -0.25) is 19.7 Å². The Morgan fingerprint density at radius 3 is 0.945 bits per heavy atom. The molecule has 7 heterocycles. The molecule has 690 valence electrons. The van der Waals surface area contributed by atoms with Crippen LogP contribution in [0.15, 0.2) is 263 Å². The van der Waals surface area contributed by atoms with Gasteiger partial charge in [0, 0.05) is 143 Å². The quantitative estimate of drug-likeness (QED) is 0.0134. The molecule has 5 N–H and O–H groups in total. The molecule has 14 unspecified atom stereocenters. The molecule has 24 heteroatoms. The predicted octanol–water partition coefficient (Wildman–Crippen LogP) is 16.1. The number of aryl methyl sites for hydroxylation is 4. The third kappa shape index (κ3) is 38.1. The number of aromatic nitrogens is 7. The molecule has 0 spiro atoms. The van der Waals surface area contributed by atoms with E-state index in [0.717, 1.165) is 77.3 Å². The zero-order chi connectivity index (χ0) is 92.6. The van der Waals surface area contributed by atoms with Gasteiger partial charge in [0.15, 0.2) is 49.6 Å². The van der Waals surface area contributed by atoms with Crippen LogP contribution in [0.2, 0.25) is 0 Å². The van der Waals surface area contributed by atoms with Crippen molar-refractivity contribution >= 4 is 32.3 Å². The Morgan fingerprint density at radius 1 is 0.367 bits per heavy atom. The number of benzene rings is 3. The molecule has 0 saturated heterocycles.